The van der Waals surface area contributed by atoms with Gasteiger partial charge in [-0.05, 0) is 30.7 Å². The maximum absolute atomic E-state index is 12.0. The normalized spacial score (nSPS) is 10.9. The molecule has 3 heterocycles. The molecule has 0 aliphatic carbocycles. The molecule has 1 amide bonds. The lowest BCUT2D eigenvalue weighted by Gasteiger charge is -2.03. The second kappa shape index (κ2) is 4.64. The van der Waals surface area contributed by atoms with Crippen LogP contribution in [0.4, 0.5) is 5.69 Å². The molecule has 0 atom stereocenters. The van der Waals surface area contributed by atoms with Gasteiger partial charge in [0.25, 0.3) is 5.91 Å². The second-order valence-corrected chi connectivity index (χ2v) is 4.71. The quantitative estimate of drug-likeness (QED) is 0.787. The summed E-state index contributed by atoms with van der Waals surface area (Å²) in [6, 6.07) is 3.34. The maximum Gasteiger partial charge on any atom is 0.260 e. The molecule has 6 nitrogen and oxygen atoms in total. The van der Waals surface area contributed by atoms with E-state index in [1.54, 1.807) is 10.9 Å². The zero-order valence-corrected chi connectivity index (χ0v) is 11.6. The SMILES string of the molecule is Cc1nn(C)c2ncc(NC(=O)c3ccoc3Cl)cc12. The van der Waals surface area contributed by atoms with Crippen LogP contribution in [0.1, 0.15) is 16.1 Å². The van der Waals surface area contributed by atoms with Crippen molar-refractivity contribution in [3.05, 3.63) is 41.1 Å². The number of halogens is 1. The van der Waals surface area contributed by atoms with Gasteiger partial charge in [-0.3, -0.25) is 9.48 Å². The number of nitrogens with zero attached hydrogens (tertiary/aromatic N) is 3. The van der Waals surface area contributed by atoms with E-state index >= 15 is 0 Å². The van der Waals surface area contributed by atoms with E-state index in [1.807, 2.05) is 20.0 Å². The van der Waals surface area contributed by atoms with E-state index in [4.69, 9.17) is 16.0 Å². The molecule has 102 valence electrons. The molecule has 0 aliphatic heterocycles. The Morgan fingerprint density at radius 3 is 3.00 bits per heavy atom. The van der Waals surface area contributed by atoms with Gasteiger partial charge in [0.2, 0.25) is 5.22 Å². The van der Waals surface area contributed by atoms with Crippen molar-refractivity contribution in [1.82, 2.24) is 14.8 Å². The van der Waals surface area contributed by atoms with Gasteiger partial charge in [0.15, 0.2) is 5.65 Å². The van der Waals surface area contributed by atoms with Gasteiger partial charge in [-0.15, -0.1) is 0 Å². The number of hydrogen-bond donors (Lipinski definition) is 1. The molecule has 3 aromatic heterocycles. The van der Waals surface area contributed by atoms with Crippen molar-refractivity contribution in [2.24, 2.45) is 7.05 Å². The number of carbonyl (C=O) groups is 1. The topological polar surface area (TPSA) is 73.0 Å². The van der Waals surface area contributed by atoms with E-state index in [-0.39, 0.29) is 16.7 Å². The Morgan fingerprint density at radius 1 is 1.50 bits per heavy atom. The van der Waals surface area contributed by atoms with E-state index in [9.17, 15) is 4.79 Å². The van der Waals surface area contributed by atoms with Crippen LogP contribution in [0.25, 0.3) is 11.0 Å². The molecule has 0 radical (unpaired) electrons. The van der Waals surface area contributed by atoms with Crippen LogP contribution in [0, 0.1) is 6.92 Å². The van der Waals surface area contributed by atoms with E-state index in [0.717, 1.165) is 16.7 Å². The van der Waals surface area contributed by atoms with Gasteiger partial charge in [0, 0.05) is 12.4 Å². The molecule has 0 saturated heterocycles. The summed E-state index contributed by atoms with van der Waals surface area (Å²) in [5.41, 5.74) is 2.49. The van der Waals surface area contributed by atoms with Crippen molar-refractivity contribution in [3.8, 4) is 0 Å². The van der Waals surface area contributed by atoms with Crippen LogP contribution in [0.5, 0.6) is 0 Å². The molecule has 20 heavy (non-hydrogen) atoms. The van der Waals surface area contributed by atoms with Crippen molar-refractivity contribution in [1.29, 1.82) is 0 Å². The van der Waals surface area contributed by atoms with Gasteiger partial charge in [-0.1, -0.05) is 0 Å². The Hall–Kier alpha value is -2.34. The van der Waals surface area contributed by atoms with Crippen molar-refractivity contribution in [3.63, 3.8) is 0 Å². The third kappa shape index (κ3) is 2.04. The van der Waals surface area contributed by atoms with Crippen LogP contribution < -0.4 is 5.32 Å². The fourth-order valence-electron chi connectivity index (χ4n) is 2.03. The Morgan fingerprint density at radius 2 is 2.30 bits per heavy atom. The van der Waals surface area contributed by atoms with Gasteiger partial charge in [-0.25, -0.2) is 4.98 Å². The molecule has 0 fully saturated rings. The average molecular weight is 291 g/mol. The minimum atomic E-state index is -0.341. The maximum atomic E-state index is 12.0. The summed E-state index contributed by atoms with van der Waals surface area (Å²) in [5, 5.41) is 7.97. The summed E-state index contributed by atoms with van der Waals surface area (Å²) in [6.45, 7) is 1.89. The number of pyridine rings is 1. The Bertz CT molecular complexity index is 806. The predicted octanol–water partition coefficient (Wildman–Crippen LogP) is 2.78. The molecule has 0 aliphatic rings. The molecular weight excluding hydrogens is 280 g/mol. The molecular formula is C13H11ClN4O2. The number of rotatable bonds is 2. The minimum Gasteiger partial charge on any atom is -0.452 e. The number of carbonyl (C=O) groups excluding carboxylic acids is 1. The monoisotopic (exact) mass is 290 g/mol. The highest BCUT2D eigenvalue weighted by Crippen LogP contribution is 2.21. The molecule has 0 unspecified atom stereocenters. The number of furan rings is 1. The summed E-state index contributed by atoms with van der Waals surface area (Å²) in [6.07, 6.45) is 2.94. The third-order valence-electron chi connectivity index (χ3n) is 2.98. The summed E-state index contributed by atoms with van der Waals surface area (Å²) < 4.78 is 6.59. The number of aromatic nitrogens is 3. The molecule has 3 rings (SSSR count). The number of hydrogen-bond acceptors (Lipinski definition) is 4. The first-order valence-electron chi connectivity index (χ1n) is 5.90. The first-order chi connectivity index (χ1) is 9.56. The van der Waals surface area contributed by atoms with Crippen LogP contribution in [0.15, 0.2) is 29.0 Å². The molecule has 0 spiro atoms. The largest absolute Gasteiger partial charge is 0.452 e. The zero-order valence-electron chi connectivity index (χ0n) is 10.8. The van der Waals surface area contributed by atoms with Gasteiger partial charge in [0.05, 0.1) is 29.4 Å². The molecule has 0 bridgehead atoms. The summed E-state index contributed by atoms with van der Waals surface area (Å²) in [4.78, 5) is 16.3. The van der Waals surface area contributed by atoms with Crippen molar-refractivity contribution in [2.45, 2.75) is 6.92 Å². The number of aryl methyl sites for hydroxylation is 2. The third-order valence-corrected chi connectivity index (χ3v) is 3.28. The standard InChI is InChI=1S/C13H11ClN4O2/c1-7-10-5-8(6-15-12(10)18(2)17-7)16-13(19)9-3-4-20-11(9)14/h3-6H,1-2H3,(H,16,19). The highest BCUT2D eigenvalue weighted by atomic mass is 35.5. The molecule has 3 aromatic rings. The van der Waals surface area contributed by atoms with Gasteiger partial charge < -0.3 is 9.73 Å². The average Bonchev–Trinajstić information content (AvgIpc) is 2.95. The number of nitrogens with one attached hydrogen (secondary N) is 1. The lowest BCUT2D eigenvalue weighted by Crippen LogP contribution is -2.11. The number of amides is 1. The number of anilines is 1. The highest BCUT2D eigenvalue weighted by Gasteiger charge is 2.14. The molecule has 7 heteroatoms. The van der Waals surface area contributed by atoms with Crippen LogP contribution in [-0.4, -0.2) is 20.7 Å². The lowest BCUT2D eigenvalue weighted by atomic mass is 10.2. The van der Waals surface area contributed by atoms with E-state index in [2.05, 4.69) is 15.4 Å². The fourth-order valence-corrected chi connectivity index (χ4v) is 2.23. The van der Waals surface area contributed by atoms with E-state index in [1.165, 1.54) is 12.3 Å². The summed E-state index contributed by atoms with van der Waals surface area (Å²) in [5.74, 6) is -0.341. The van der Waals surface area contributed by atoms with Crippen LogP contribution in [-0.2, 0) is 7.05 Å². The van der Waals surface area contributed by atoms with Gasteiger partial charge in [0.1, 0.15) is 0 Å². The first kappa shape index (κ1) is 12.7. The summed E-state index contributed by atoms with van der Waals surface area (Å²) in [7, 11) is 1.83. The van der Waals surface area contributed by atoms with E-state index < -0.39 is 0 Å². The first-order valence-corrected chi connectivity index (χ1v) is 6.28. The van der Waals surface area contributed by atoms with Gasteiger partial charge in [-0.2, -0.15) is 5.10 Å². The Labute approximate surface area is 119 Å². The van der Waals surface area contributed by atoms with Crippen molar-refractivity contribution < 1.29 is 9.21 Å². The smallest absolute Gasteiger partial charge is 0.260 e. The van der Waals surface area contributed by atoms with Crippen molar-refractivity contribution >= 4 is 34.2 Å². The number of fused-ring (bicyclic) bond motifs is 1. The Balaban J connectivity index is 1.93. The van der Waals surface area contributed by atoms with Gasteiger partial charge >= 0.3 is 0 Å². The zero-order chi connectivity index (χ0) is 14.3. The van der Waals surface area contributed by atoms with Crippen LogP contribution in [0.2, 0.25) is 5.22 Å². The fraction of sp³-hybridized carbons (Fsp3) is 0.154. The lowest BCUT2D eigenvalue weighted by molar-refractivity contribution is 0.102. The van der Waals surface area contributed by atoms with Crippen LogP contribution in [0.3, 0.4) is 0 Å². The molecule has 0 aromatic carbocycles. The Kier molecular flexibility index (Phi) is 2.94. The summed E-state index contributed by atoms with van der Waals surface area (Å²) >= 11 is 5.77. The molecule has 0 saturated carbocycles. The van der Waals surface area contributed by atoms with Crippen LogP contribution >= 0.6 is 11.6 Å². The minimum absolute atomic E-state index is 0.0640. The predicted molar refractivity (Wildman–Crippen MR) is 74.9 cm³/mol. The van der Waals surface area contributed by atoms with Crippen molar-refractivity contribution in [2.75, 3.05) is 5.32 Å². The molecule has 1 N–H and O–H groups in total. The highest BCUT2D eigenvalue weighted by molar-refractivity contribution is 6.32. The second-order valence-electron chi connectivity index (χ2n) is 4.37. The van der Waals surface area contributed by atoms with E-state index in [0.29, 0.717) is 5.69 Å².